The van der Waals surface area contributed by atoms with Gasteiger partial charge in [0.1, 0.15) is 6.54 Å². The number of rotatable bonds is 6. The standard InChI is InChI=1S/C20H21N3O3/c1-2-14(15-8-4-3-5-9-15)12-21-18(24)13-23-20(26)17-11-7-6-10-16(17)19(25)22-23/h3-11,14H,2,12-13H2,1H3,(H,21,24)(H,22,25). The molecule has 0 fully saturated rings. The number of carbonyl (C=O) groups excluding carboxylic acids is 1. The third-order valence-electron chi connectivity index (χ3n) is 4.49. The fraction of sp³-hybridized carbons (Fsp3) is 0.250. The van der Waals surface area contributed by atoms with E-state index in [1.54, 1.807) is 24.3 Å². The molecule has 0 radical (unpaired) electrons. The number of nitrogens with one attached hydrogen (secondary N) is 2. The highest BCUT2D eigenvalue weighted by Crippen LogP contribution is 2.17. The zero-order valence-electron chi connectivity index (χ0n) is 14.6. The molecule has 134 valence electrons. The van der Waals surface area contributed by atoms with Crippen molar-refractivity contribution in [3.63, 3.8) is 0 Å². The van der Waals surface area contributed by atoms with Crippen LogP contribution in [0, 0.1) is 0 Å². The number of nitrogens with zero attached hydrogens (tertiary/aromatic N) is 1. The molecule has 3 aromatic rings. The number of aromatic nitrogens is 2. The van der Waals surface area contributed by atoms with E-state index >= 15 is 0 Å². The summed E-state index contributed by atoms with van der Waals surface area (Å²) in [4.78, 5) is 36.8. The largest absolute Gasteiger partial charge is 0.354 e. The Labute approximate surface area is 150 Å². The van der Waals surface area contributed by atoms with Crippen molar-refractivity contribution < 1.29 is 4.79 Å². The van der Waals surface area contributed by atoms with Crippen LogP contribution in [0.5, 0.6) is 0 Å². The average Bonchev–Trinajstić information content (AvgIpc) is 2.67. The van der Waals surface area contributed by atoms with Crippen LogP contribution in [0.25, 0.3) is 10.8 Å². The van der Waals surface area contributed by atoms with Crippen LogP contribution in [0.15, 0.2) is 64.2 Å². The summed E-state index contributed by atoms with van der Waals surface area (Å²) in [6.45, 7) is 2.32. The van der Waals surface area contributed by atoms with Gasteiger partial charge in [0.2, 0.25) is 5.91 Å². The number of amides is 1. The van der Waals surface area contributed by atoms with Gasteiger partial charge in [0, 0.05) is 12.5 Å². The van der Waals surface area contributed by atoms with Crippen molar-refractivity contribution in [1.82, 2.24) is 15.1 Å². The Hall–Kier alpha value is -3.15. The first kappa shape index (κ1) is 17.7. The maximum Gasteiger partial charge on any atom is 0.273 e. The molecule has 0 saturated carbocycles. The molecule has 1 unspecified atom stereocenters. The van der Waals surface area contributed by atoms with Crippen LogP contribution in [-0.4, -0.2) is 22.2 Å². The van der Waals surface area contributed by atoms with Gasteiger partial charge in [-0.3, -0.25) is 19.5 Å². The summed E-state index contributed by atoms with van der Waals surface area (Å²) < 4.78 is 1.06. The molecule has 6 heteroatoms. The maximum atomic E-state index is 12.4. The third kappa shape index (κ3) is 3.74. The van der Waals surface area contributed by atoms with Crippen molar-refractivity contribution >= 4 is 16.7 Å². The van der Waals surface area contributed by atoms with Crippen LogP contribution in [0.2, 0.25) is 0 Å². The van der Waals surface area contributed by atoms with Crippen molar-refractivity contribution in [2.75, 3.05) is 6.54 Å². The minimum Gasteiger partial charge on any atom is -0.354 e. The van der Waals surface area contributed by atoms with Crippen molar-refractivity contribution in [3.8, 4) is 0 Å². The molecule has 0 aliphatic carbocycles. The molecule has 0 spiro atoms. The van der Waals surface area contributed by atoms with Crippen LogP contribution >= 0.6 is 0 Å². The molecule has 2 aromatic carbocycles. The van der Waals surface area contributed by atoms with Gasteiger partial charge < -0.3 is 5.32 Å². The molecule has 3 rings (SSSR count). The topological polar surface area (TPSA) is 84.0 Å². The Morgan fingerprint density at radius 1 is 1.04 bits per heavy atom. The van der Waals surface area contributed by atoms with E-state index in [-0.39, 0.29) is 29.5 Å². The monoisotopic (exact) mass is 351 g/mol. The highest BCUT2D eigenvalue weighted by Gasteiger charge is 2.13. The molecule has 0 aliphatic rings. The summed E-state index contributed by atoms with van der Waals surface area (Å²) in [6.07, 6.45) is 0.886. The number of carbonyl (C=O) groups is 1. The molecular formula is C20H21N3O3. The van der Waals surface area contributed by atoms with Crippen LogP contribution in [-0.2, 0) is 11.3 Å². The lowest BCUT2D eigenvalue weighted by Gasteiger charge is -2.16. The normalized spacial score (nSPS) is 12.0. The summed E-state index contributed by atoms with van der Waals surface area (Å²) in [5.74, 6) is -0.111. The van der Waals surface area contributed by atoms with Gasteiger partial charge in [0.05, 0.1) is 10.8 Å². The molecular weight excluding hydrogens is 330 g/mol. The van der Waals surface area contributed by atoms with Crippen LogP contribution in [0.1, 0.15) is 24.8 Å². The Kier molecular flexibility index (Phi) is 5.31. The highest BCUT2D eigenvalue weighted by atomic mass is 16.2. The first-order valence-corrected chi connectivity index (χ1v) is 8.63. The zero-order valence-corrected chi connectivity index (χ0v) is 14.6. The maximum absolute atomic E-state index is 12.4. The summed E-state index contributed by atoms with van der Waals surface area (Å²) in [5.41, 5.74) is 0.390. The second kappa shape index (κ2) is 7.82. The average molecular weight is 351 g/mol. The summed E-state index contributed by atoms with van der Waals surface area (Å²) in [7, 11) is 0. The number of aromatic amines is 1. The van der Waals surface area contributed by atoms with Crippen LogP contribution in [0.3, 0.4) is 0 Å². The van der Waals surface area contributed by atoms with Gasteiger partial charge in [0.15, 0.2) is 0 Å². The Morgan fingerprint density at radius 2 is 1.69 bits per heavy atom. The number of fused-ring (bicyclic) bond motifs is 1. The summed E-state index contributed by atoms with van der Waals surface area (Å²) in [6, 6.07) is 16.5. The molecule has 6 nitrogen and oxygen atoms in total. The number of H-pyrrole nitrogens is 1. The van der Waals surface area contributed by atoms with E-state index in [2.05, 4.69) is 17.3 Å². The van der Waals surface area contributed by atoms with E-state index < -0.39 is 0 Å². The summed E-state index contributed by atoms with van der Waals surface area (Å²) in [5, 5.41) is 5.95. The first-order valence-electron chi connectivity index (χ1n) is 8.63. The minimum atomic E-state index is -0.385. The molecule has 0 bridgehead atoms. The summed E-state index contributed by atoms with van der Waals surface area (Å²) >= 11 is 0. The molecule has 1 amide bonds. The molecule has 26 heavy (non-hydrogen) atoms. The molecule has 1 atom stereocenters. The molecule has 0 aliphatic heterocycles. The van der Waals surface area contributed by atoms with Gasteiger partial charge in [-0.05, 0) is 24.1 Å². The lowest BCUT2D eigenvalue weighted by atomic mass is 9.96. The zero-order chi connectivity index (χ0) is 18.5. The van der Waals surface area contributed by atoms with Crippen molar-refractivity contribution in [3.05, 3.63) is 80.9 Å². The van der Waals surface area contributed by atoms with Crippen LogP contribution in [0.4, 0.5) is 0 Å². The van der Waals surface area contributed by atoms with Gasteiger partial charge in [0.25, 0.3) is 11.1 Å². The fourth-order valence-electron chi connectivity index (χ4n) is 3.02. The highest BCUT2D eigenvalue weighted by molar-refractivity contribution is 5.81. The predicted octanol–water partition coefficient (Wildman–Crippen LogP) is 2.00. The van der Waals surface area contributed by atoms with E-state index in [0.29, 0.717) is 17.3 Å². The predicted molar refractivity (Wildman–Crippen MR) is 101 cm³/mol. The SMILES string of the molecule is CCC(CNC(=O)Cn1[nH]c(=O)c2ccccc2c1=O)c1ccccc1. The molecule has 1 heterocycles. The quantitative estimate of drug-likeness (QED) is 0.712. The van der Waals surface area contributed by atoms with Crippen LogP contribution < -0.4 is 16.4 Å². The number of hydrogen-bond acceptors (Lipinski definition) is 3. The Morgan fingerprint density at radius 3 is 2.38 bits per heavy atom. The van der Waals surface area contributed by atoms with Gasteiger partial charge in [-0.1, -0.05) is 49.4 Å². The van der Waals surface area contributed by atoms with E-state index in [9.17, 15) is 14.4 Å². The number of hydrogen-bond donors (Lipinski definition) is 2. The van der Waals surface area contributed by atoms with Gasteiger partial charge in [-0.2, -0.15) is 0 Å². The van der Waals surface area contributed by atoms with E-state index in [1.807, 2.05) is 30.3 Å². The third-order valence-corrected chi connectivity index (χ3v) is 4.49. The van der Waals surface area contributed by atoms with Crippen molar-refractivity contribution in [2.24, 2.45) is 0 Å². The lowest BCUT2D eigenvalue weighted by molar-refractivity contribution is -0.122. The van der Waals surface area contributed by atoms with Crippen molar-refractivity contribution in [2.45, 2.75) is 25.8 Å². The van der Waals surface area contributed by atoms with Gasteiger partial charge in [-0.15, -0.1) is 0 Å². The Bertz CT molecular complexity index is 1020. The second-order valence-electron chi connectivity index (χ2n) is 6.20. The molecule has 0 saturated heterocycles. The van der Waals surface area contributed by atoms with Gasteiger partial charge >= 0.3 is 0 Å². The lowest BCUT2D eigenvalue weighted by Crippen LogP contribution is -2.37. The second-order valence-corrected chi connectivity index (χ2v) is 6.20. The molecule has 2 N–H and O–H groups in total. The minimum absolute atomic E-state index is 0.201. The first-order chi connectivity index (χ1) is 12.6. The molecule has 1 aromatic heterocycles. The van der Waals surface area contributed by atoms with E-state index in [4.69, 9.17) is 0 Å². The van der Waals surface area contributed by atoms with E-state index in [0.717, 1.165) is 16.7 Å². The smallest absolute Gasteiger partial charge is 0.273 e. The number of benzene rings is 2. The fourth-order valence-corrected chi connectivity index (χ4v) is 3.02. The van der Waals surface area contributed by atoms with E-state index in [1.165, 1.54) is 0 Å². The van der Waals surface area contributed by atoms with Gasteiger partial charge in [-0.25, -0.2) is 4.68 Å². The van der Waals surface area contributed by atoms with Crippen molar-refractivity contribution in [1.29, 1.82) is 0 Å². The Balaban J connectivity index is 1.72.